The summed E-state index contributed by atoms with van der Waals surface area (Å²) in [5, 5.41) is 4.42. The van der Waals surface area contributed by atoms with Gasteiger partial charge in [-0.1, -0.05) is 54.7 Å². The lowest BCUT2D eigenvalue weighted by atomic mass is 10.1. The van der Waals surface area contributed by atoms with Crippen LogP contribution in [-0.4, -0.2) is 21.2 Å². The van der Waals surface area contributed by atoms with Crippen LogP contribution in [-0.2, 0) is 0 Å². The van der Waals surface area contributed by atoms with Gasteiger partial charge in [-0.25, -0.2) is 0 Å². The number of hydrogen-bond donors (Lipinski definition) is 0. The van der Waals surface area contributed by atoms with Gasteiger partial charge in [0, 0.05) is 5.56 Å². The zero-order valence-corrected chi connectivity index (χ0v) is 16.0. The fourth-order valence-electron chi connectivity index (χ4n) is 2.80. The van der Waals surface area contributed by atoms with E-state index < -0.39 is 0 Å². The van der Waals surface area contributed by atoms with Crippen LogP contribution in [0.2, 0.25) is 0 Å². The van der Waals surface area contributed by atoms with E-state index in [9.17, 15) is 4.79 Å². The zero-order chi connectivity index (χ0) is 18.8. The lowest BCUT2D eigenvalue weighted by molar-refractivity contribution is 0.317. The molecule has 0 aliphatic rings. The van der Waals surface area contributed by atoms with Gasteiger partial charge in [-0.05, 0) is 42.7 Å². The van der Waals surface area contributed by atoms with Gasteiger partial charge >= 0.3 is 0 Å². The molecule has 0 unspecified atom stereocenters. The minimum Gasteiger partial charge on any atom is -0.494 e. The summed E-state index contributed by atoms with van der Waals surface area (Å²) in [6.07, 6.45) is 2.83. The maximum Gasteiger partial charge on any atom is 0.291 e. The summed E-state index contributed by atoms with van der Waals surface area (Å²) < 4.78 is 7.59. The molecule has 2 heterocycles. The lowest BCUT2D eigenvalue weighted by Gasteiger charge is -2.03. The summed E-state index contributed by atoms with van der Waals surface area (Å²) >= 11 is 1.35. The van der Waals surface area contributed by atoms with Gasteiger partial charge in [-0.15, -0.1) is 5.10 Å². The van der Waals surface area contributed by atoms with E-state index in [0.717, 1.165) is 28.9 Å². The quantitative estimate of drug-likeness (QED) is 0.534. The SMILES string of the molecule is CCCOc1ccc(C=c2sc3nc(-c4ccccc4C)nn3c2=O)cc1. The fraction of sp³-hybridized carbons (Fsp3) is 0.190. The van der Waals surface area contributed by atoms with Crippen LogP contribution in [0.3, 0.4) is 0 Å². The van der Waals surface area contributed by atoms with Crippen LogP contribution in [0.15, 0.2) is 53.3 Å². The highest BCUT2D eigenvalue weighted by Crippen LogP contribution is 2.20. The normalized spacial score (nSPS) is 12.0. The number of thiazole rings is 1. The van der Waals surface area contributed by atoms with Gasteiger partial charge in [0.1, 0.15) is 5.75 Å². The van der Waals surface area contributed by atoms with Crippen molar-refractivity contribution in [3.8, 4) is 17.1 Å². The second-order valence-corrected chi connectivity index (χ2v) is 7.29. The standard InChI is InChI=1S/C21H19N3O2S/c1-3-12-26-16-10-8-15(9-11-16)13-18-20(25)24-21(27-18)22-19(23-24)17-7-5-4-6-14(17)2/h4-11,13H,3,12H2,1-2H3. The second-order valence-electron chi connectivity index (χ2n) is 6.28. The molecule has 5 nitrogen and oxygen atoms in total. The predicted octanol–water partition coefficient (Wildman–Crippen LogP) is 3.46. The zero-order valence-electron chi connectivity index (χ0n) is 15.2. The molecule has 0 amide bonds. The Morgan fingerprint density at radius 2 is 1.93 bits per heavy atom. The highest BCUT2D eigenvalue weighted by molar-refractivity contribution is 7.15. The van der Waals surface area contributed by atoms with Crippen molar-refractivity contribution in [2.24, 2.45) is 0 Å². The van der Waals surface area contributed by atoms with Gasteiger partial charge in [0.2, 0.25) is 4.96 Å². The van der Waals surface area contributed by atoms with Crippen molar-refractivity contribution < 1.29 is 4.74 Å². The Bertz CT molecular complexity index is 1190. The van der Waals surface area contributed by atoms with Gasteiger partial charge in [0.15, 0.2) is 5.82 Å². The highest BCUT2D eigenvalue weighted by atomic mass is 32.1. The third-order valence-electron chi connectivity index (χ3n) is 4.22. The monoisotopic (exact) mass is 377 g/mol. The molecule has 0 N–H and O–H groups in total. The van der Waals surface area contributed by atoms with Crippen LogP contribution in [0.25, 0.3) is 22.4 Å². The van der Waals surface area contributed by atoms with Crippen molar-refractivity contribution in [1.29, 1.82) is 0 Å². The van der Waals surface area contributed by atoms with E-state index in [1.165, 1.54) is 15.9 Å². The summed E-state index contributed by atoms with van der Waals surface area (Å²) in [5.74, 6) is 1.42. The number of nitrogens with zero attached hydrogens (tertiary/aromatic N) is 3. The molecule has 2 aromatic carbocycles. The smallest absolute Gasteiger partial charge is 0.291 e. The molecule has 2 aromatic heterocycles. The van der Waals surface area contributed by atoms with Crippen LogP contribution < -0.4 is 14.8 Å². The van der Waals surface area contributed by atoms with Crippen molar-refractivity contribution in [1.82, 2.24) is 14.6 Å². The Hall–Kier alpha value is -2.99. The first-order valence-electron chi connectivity index (χ1n) is 8.86. The minimum atomic E-state index is -0.145. The van der Waals surface area contributed by atoms with Gasteiger partial charge in [0.05, 0.1) is 11.1 Å². The third-order valence-corrected chi connectivity index (χ3v) is 5.18. The number of hydrogen-bond acceptors (Lipinski definition) is 5. The first-order valence-corrected chi connectivity index (χ1v) is 9.67. The Kier molecular flexibility index (Phi) is 4.73. The fourth-order valence-corrected chi connectivity index (χ4v) is 3.71. The average molecular weight is 377 g/mol. The Balaban J connectivity index is 1.68. The molecule has 0 bridgehead atoms. The van der Waals surface area contributed by atoms with Crippen LogP contribution in [0.5, 0.6) is 5.75 Å². The molecule has 27 heavy (non-hydrogen) atoms. The van der Waals surface area contributed by atoms with Gasteiger partial charge in [-0.2, -0.15) is 9.50 Å². The molecule has 0 aliphatic carbocycles. The Morgan fingerprint density at radius 1 is 1.15 bits per heavy atom. The number of aryl methyl sites for hydroxylation is 1. The molecular formula is C21H19N3O2S. The molecule has 0 saturated carbocycles. The highest BCUT2D eigenvalue weighted by Gasteiger charge is 2.13. The summed E-state index contributed by atoms with van der Waals surface area (Å²) in [7, 11) is 0. The maximum atomic E-state index is 12.7. The third kappa shape index (κ3) is 3.48. The largest absolute Gasteiger partial charge is 0.494 e. The van der Waals surface area contributed by atoms with Crippen molar-refractivity contribution in [2.45, 2.75) is 20.3 Å². The topological polar surface area (TPSA) is 56.5 Å². The summed E-state index contributed by atoms with van der Waals surface area (Å²) in [6, 6.07) is 15.6. The van der Waals surface area contributed by atoms with Gasteiger partial charge in [0.25, 0.3) is 5.56 Å². The first kappa shape index (κ1) is 17.4. The van der Waals surface area contributed by atoms with Gasteiger partial charge in [-0.3, -0.25) is 4.79 Å². The molecule has 0 radical (unpaired) electrons. The molecule has 6 heteroatoms. The molecule has 0 atom stereocenters. The van der Waals surface area contributed by atoms with Crippen molar-refractivity contribution in [3.05, 3.63) is 74.5 Å². The van der Waals surface area contributed by atoms with E-state index >= 15 is 0 Å². The van der Waals surface area contributed by atoms with Crippen LogP contribution in [0, 0.1) is 6.92 Å². The lowest BCUT2D eigenvalue weighted by Crippen LogP contribution is -2.23. The van der Waals surface area contributed by atoms with Crippen molar-refractivity contribution in [2.75, 3.05) is 6.61 Å². The average Bonchev–Trinajstić information content (AvgIpc) is 3.21. The van der Waals surface area contributed by atoms with E-state index in [-0.39, 0.29) is 5.56 Å². The molecule has 0 aliphatic heterocycles. The molecule has 4 rings (SSSR count). The molecule has 136 valence electrons. The molecule has 0 saturated heterocycles. The number of aromatic nitrogens is 3. The predicted molar refractivity (Wildman–Crippen MR) is 108 cm³/mol. The number of ether oxygens (including phenoxy) is 1. The molecule has 0 fully saturated rings. The van der Waals surface area contributed by atoms with Gasteiger partial charge < -0.3 is 4.74 Å². The number of benzene rings is 2. The van der Waals surface area contributed by atoms with Crippen LogP contribution >= 0.6 is 11.3 Å². The molecular weight excluding hydrogens is 358 g/mol. The minimum absolute atomic E-state index is 0.145. The Morgan fingerprint density at radius 3 is 2.63 bits per heavy atom. The molecule has 4 aromatic rings. The Labute approximate surface area is 160 Å². The summed E-state index contributed by atoms with van der Waals surface area (Å²) in [5.41, 5.74) is 2.83. The van der Waals surface area contributed by atoms with E-state index in [0.29, 0.717) is 21.9 Å². The van der Waals surface area contributed by atoms with Crippen molar-refractivity contribution in [3.63, 3.8) is 0 Å². The van der Waals surface area contributed by atoms with Crippen LogP contribution in [0.1, 0.15) is 24.5 Å². The molecule has 0 spiro atoms. The van der Waals surface area contributed by atoms with E-state index in [2.05, 4.69) is 17.0 Å². The maximum absolute atomic E-state index is 12.7. The number of fused-ring (bicyclic) bond motifs is 1. The van der Waals surface area contributed by atoms with Crippen LogP contribution in [0.4, 0.5) is 0 Å². The van der Waals surface area contributed by atoms with Crippen molar-refractivity contribution >= 4 is 22.4 Å². The first-order chi connectivity index (χ1) is 13.2. The van der Waals surface area contributed by atoms with E-state index in [4.69, 9.17) is 4.74 Å². The summed E-state index contributed by atoms with van der Waals surface area (Å²) in [4.78, 5) is 17.8. The van der Waals surface area contributed by atoms with E-state index in [1.807, 2.05) is 61.5 Å². The number of rotatable bonds is 5. The summed E-state index contributed by atoms with van der Waals surface area (Å²) in [6.45, 7) is 4.78. The second kappa shape index (κ2) is 7.32. The van der Waals surface area contributed by atoms with E-state index in [1.54, 1.807) is 0 Å².